The number of hydrogen-bond acceptors (Lipinski definition) is 3. The van der Waals surface area contributed by atoms with E-state index >= 15 is 0 Å². The van der Waals surface area contributed by atoms with Gasteiger partial charge in [0.15, 0.2) is 0 Å². The number of hydrogen-bond donors (Lipinski definition) is 1. The third kappa shape index (κ3) is 1.98. The Morgan fingerprint density at radius 2 is 1.76 bits per heavy atom. The Morgan fingerprint density at radius 3 is 2.24 bits per heavy atom. The van der Waals surface area contributed by atoms with E-state index in [9.17, 15) is 0 Å². The molecule has 17 heavy (non-hydrogen) atoms. The van der Waals surface area contributed by atoms with Crippen LogP contribution in [-0.4, -0.2) is 9.78 Å². The molecule has 1 heterocycles. The zero-order chi connectivity index (χ0) is 12.6. The molecular formula is C13H17N3O. The first-order chi connectivity index (χ1) is 8.00. The van der Waals surface area contributed by atoms with Crippen LogP contribution in [0.15, 0.2) is 18.2 Å². The van der Waals surface area contributed by atoms with Gasteiger partial charge in [-0.1, -0.05) is 18.2 Å². The molecule has 1 aromatic heterocycles. The SMILES string of the molecule is Cc1cccc(C)c1Oc1c(N)c(C)nn1C. The van der Waals surface area contributed by atoms with Crippen LogP contribution >= 0.6 is 0 Å². The quantitative estimate of drug-likeness (QED) is 0.864. The highest BCUT2D eigenvalue weighted by atomic mass is 16.5. The minimum Gasteiger partial charge on any atom is -0.437 e. The highest BCUT2D eigenvalue weighted by Gasteiger charge is 2.14. The topological polar surface area (TPSA) is 53.1 Å². The van der Waals surface area contributed by atoms with Crippen LogP contribution in [0.1, 0.15) is 16.8 Å². The first-order valence-electron chi connectivity index (χ1n) is 5.54. The lowest BCUT2D eigenvalue weighted by Crippen LogP contribution is -1.99. The second kappa shape index (κ2) is 4.13. The summed E-state index contributed by atoms with van der Waals surface area (Å²) in [6, 6.07) is 6.04. The van der Waals surface area contributed by atoms with Gasteiger partial charge in [-0.3, -0.25) is 0 Å². The number of aromatic nitrogens is 2. The predicted octanol–water partition coefficient (Wildman–Crippen LogP) is 2.72. The molecular weight excluding hydrogens is 214 g/mol. The number of nitrogens with zero attached hydrogens (tertiary/aromatic N) is 2. The van der Waals surface area contributed by atoms with Gasteiger partial charge in [0.1, 0.15) is 11.4 Å². The lowest BCUT2D eigenvalue weighted by Gasteiger charge is -2.11. The number of ether oxygens (including phenoxy) is 1. The van der Waals surface area contributed by atoms with E-state index in [2.05, 4.69) is 5.10 Å². The fourth-order valence-electron chi connectivity index (χ4n) is 1.83. The first kappa shape index (κ1) is 11.5. The van der Waals surface area contributed by atoms with Gasteiger partial charge < -0.3 is 10.5 Å². The number of nitrogen functional groups attached to an aromatic ring is 1. The Kier molecular flexibility index (Phi) is 2.79. The lowest BCUT2D eigenvalue weighted by molar-refractivity contribution is 0.427. The number of benzene rings is 1. The van der Waals surface area contributed by atoms with Crippen LogP contribution in [-0.2, 0) is 7.05 Å². The van der Waals surface area contributed by atoms with Crippen LogP contribution in [0.4, 0.5) is 5.69 Å². The fourth-order valence-corrected chi connectivity index (χ4v) is 1.83. The van der Waals surface area contributed by atoms with Crippen molar-refractivity contribution in [1.29, 1.82) is 0 Å². The van der Waals surface area contributed by atoms with Gasteiger partial charge in [0.25, 0.3) is 0 Å². The van der Waals surface area contributed by atoms with Crippen molar-refractivity contribution in [2.45, 2.75) is 20.8 Å². The number of anilines is 1. The smallest absolute Gasteiger partial charge is 0.241 e. The number of para-hydroxylation sites is 1. The molecule has 2 aromatic rings. The lowest BCUT2D eigenvalue weighted by atomic mass is 10.1. The normalized spacial score (nSPS) is 10.6. The van der Waals surface area contributed by atoms with Crippen molar-refractivity contribution >= 4 is 5.69 Å². The van der Waals surface area contributed by atoms with Gasteiger partial charge in [0, 0.05) is 7.05 Å². The number of nitrogens with two attached hydrogens (primary N) is 1. The molecule has 90 valence electrons. The molecule has 0 aliphatic carbocycles. The van der Waals surface area contributed by atoms with Gasteiger partial charge in [-0.2, -0.15) is 5.10 Å². The van der Waals surface area contributed by atoms with Crippen molar-refractivity contribution in [2.24, 2.45) is 7.05 Å². The molecule has 0 bridgehead atoms. The average molecular weight is 231 g/mol. The second-order valence-corrected chi connectivity index (χ2v) is 4.25. The predicted molar refractivity (Wildman–Crippen MR) is 68.3 cm³/mol. The van der Waals surface area contributed by atoms with Crippen molar-refractivity contribution in [1.82, 2.24) is 9.78 Å². The molecule has 4 nitrogen and oxygen atoms in total. The van der Waals surface area contributed by atoms with Gasteiger partial charge in [-0.15, -0.1) is 0 Å². The average Bonchev–Trinajstić information content (AvgIpc) is 2.49. The van der Waals surface area contributed by atoms with Gasteiger partial charge >= 0.3 is 0 Å². The molecule has 0 saturated carbocycles. The molecule has 4 heteroatoms. The molecule has 0 spiro atoms. The molecule has 0 saturated heterocycles. The maximum Gasteiger partial charge on any atom is 0.241 e. The zero-order valence-electron chi connectivity index (χ0n) is 10.6. The maximum absolute atomic E-state index is 5.94. The van der Waals surface area contributed by atoms with Crippen LogP contribution in [0.2, 0.25) is 0 Å². The summed E-state index contributed by atoms with van der Waals surface area (Å²) >= 11 is 0. The summed E-state index contributed by atoms with van der Waals surface area (Å²) in [5.74, 6) is 1.45. The van der Waals surface area contributed by atoms with E-state index in [0.29, 0.717) is 11.6 Å². The number of aryl methyl sites for hydroxylation is 4. The van der Waals surface area contributed by atoms with Crippen molar-refractivity contribution in [3.63, 3.8) is 0 Å². The van der Waals surface area contributed by atoms with Gasteiger partial charge in [-0.05, 0) is 31.9 Å². The molecule has 0 amide bonds. The van der Waals surface area contributed by atoms with Crippen LogP contribution in [0.3, 0.4) is 0 Å². The molecule has 0 atom stereocenters. The van der Waals surface area contributed by atoms with Crippen molar-refractivity contribution in [2.75, 3.05) is 5.73 Å². The Labute approximate surface area is 101 Å². The Morgan fingerprint density at radius 1 is 1.18 bits per heavy atom. The van der Waals surface area contributed by atoms with Crippen LogP contribution in [0, 0.1) is 20.8 Å². The van der Waals surface area contributed by atoms with Crippen molar-refractivity contribution in [3.8, 4) is 11.6 Å². The second-order valence-electron chi connectivity index (χ2n) is 4.25. The fraction of sp³-hybridized carbons (Fsp3) is 0.308. The summed E-state index contributed by atoms with van der Waals surface area (Å²) < 4.78 is 7.56. The van der Waals surface area contributed by atoms with E-state index in [0.717, 1.165) is 22.6 Å². The third-order valence-corrected chi connectivity index (χ3v) is 2.82. The highest BCUT2D eigenvalue weighted by Crippen LogP contribution is 2.32. The molecule has 2 N–H and O–H groups in total. The van der Waals surface area contributed by atoms with Crippen molar-refractivity contribution < 1.29 is 4.74 Å². The summed E-state index contributed by atoms with van der Waals surface area (Å²) in [6.07, 6.45) is 0. The molecule has 0 fully saturated rings. The van der Waals surface area contributed by atoms with Crippen LogP contribution in [0.25, 0.3) is 0 Å². The summed E-state index contributed by atoms with van der Waals surface area (Å²) in [6.45, 7) is 5.90. The standard InChI is InChI=1S/C13H17N3O/c1-8-6-5-7-9(2)12(8)17-13-11(14)10(3)15-16(13)4/h5-7H,14H2,1-4H3. The largest absolute Gasteiger partial charge is 0.437 e. The van der Waals surface area contributed by atoms with Crippen molar-refractivity contribution in [3.05, 3.63) is 35.0 Å². The van der Waals surface area contributed by atoms with E-state index < -0.39 is 0 Å². The molecule has 0 radical (unpaired) electrons. The van der Waals surface area contributed by atoms with Crippen LogP contribution < -0.4 is 10.5 Å². The van der Waals surface area contributed by atoms with E-state index in [-0.39, 0.29) is 0 Å². The van der Waals surface area contributed by atoms with Gasteiger partial charge in [0.05, 0.1) is 5.69 Å². The summed E-state index contributed by atoms with van der Waals surface area (Å²) in [5.41, 5.74) is 9.49. The van der Waals surface area contributed by atoms with E-state index in [1.807, 2.05) is 46.0 Å². The Hall–Kier alpha value is -1.97. The summed E-state index contributed by atoms with van der Waals surface area (Å²) in [5, 5.41) is 4.23. The third-order valence-electron chi connectivity index (χ3n) is 2.82. The highest BCUT2D eigenvalue weighted by molar-refractivity contribution is 5.55. The van der Waals surface area contributed by atoms with E-state index in [4.69, 9.17) is 10.5 Å². The van der Waals surface area contributed by atoms with E-state index in [1.54, 1.807) is 4.68 Å². The number of rotatable bonds is 2. The molecule has 1 aromatic carbocycles. The zero-order valence-corrected chi connectivity index (χ0v) is 10.6. The Bertz CT molecular complexity index is 538. The molecule has 0 unspecified atom stereocenters. The minimum atomic E-state index is 0.593. The van der Waals surface area contributed by atoms with Gasteiger partial charge in [0.2, 0.25) is 5.88 Å². The van der Waals surface area contributed by atoms with Crippen LogP contribution in [0.5, 0.6) is 11.6 Å². The summed E-state index contributed by atoms with van der Waals surface area (Å²) in [7, 11) is 1.83. The summed E-state index contributed by atoms with van der Waals surface area (Å²) in [4.78, 5) is 0. The molecule has 2 rings (SSSR count). The Balaban J connectivity index is 2.45. The first-order valence-corrected chi connectivity index (χ1v) is 5.54. The monoisotopic (exact) mass is 231 g/mol. The maximum atomic E-state index is 5.94. The molecule has 0 aliphatic heterocycles. The minimum absolute atomic E-state index is 0.593. The van der Waals surface area contributed by atoms with Gasteiger partial charge in [-0.25, -0.2) is 4.68 Å². The molecule has 0 aliphatic rings. The van der Waals surface area contributed by atoms with E-state index in [1.165, 1.54) is 0 Å².